The summed E-state index contributed by atoms with van der Waals surface area (Å²) in [5.74, 6) is -0.321. The summed E-state index contributed by atoms with van der Waals surface area (Å²) in [6.07, 6.45) is 3.82. The van der Waals surface area contributed by atoms with Crippen LogP contribution in [-0.4, -0.2) is 37.1 Å². The molecule has 2 aliphatic rings. The molecule has 2 heterocycles. The number of nitrogens with zero attached hydrogens (tertiary/aromatic N) is 2. The van der Waals surface area contributed by atoms with Crippen LogP contribution in [0.2, 0.25) is 5.02 Å². The van der Waals surface area contributed by atoms with E-state index < -0.39 is 0 Å². The molecule has 2 nitrogen and oxygen atoms in total. The Bertz CT molecular complexity index is 437. The molecular formula is C14H18ClFN2. The number of likely N-dealkylation sites (N-methyl/N-ethyl adjacent to an activating group) is 1. The van der Waals surface area contributed by atoms with Crippen LogP contribution in [0.1, 0.15) is 19.3 Å². The number of halogens is 2. The van der Waals surface area contributed by atoms with Crippen LogP contribution in [-0.2, 0) is 0 Å². The van der Waals surface area contributed by atoms with Crippen molar-refractivity contribution < 1.29 is 4.39 Å². The molecule has 2 fully saturated rings. The van der Waals surface area contributed by atoms with Gasteiger partial charge in [-0.3, -0.25) is 4.90 Å². The first kappa shape index (κ1) is 12.2. The van der Waals surface area contributed by atoms with Gasteiger partial charge in [-0.05, 0) is 38.1 Å². The molecule has 2 bridgehead atoms. The first-order valence-corrected chi connectivity index (χ1v) is 6.95. The summed E-state index contributed by atoms with van der Waals surface area (Å²) in [4.78, 5) is 4.79. The summed E-state index contributed by atoms with van der Waals surface area (Å²) in [7, 11) is 2.22. The second-order valence-electron chi connectivity index (χ2n) is 5.41. The molecule has 0 aromatic heterocycles. The third kappa shape index (κ3) is 2.10. The number of hydrogen-bond donors (Lipinski definition) is 0. The van der Waals surface area contributed by atoms with Crippen LogP contribution in [0.4, 0.5) is 10.1 Å². The number of piperidine rings is 1. The van der Waals surface area contributed by atoms with E-state index in [2.05, 4.69) is 16.8 Å². The Balaban J connectivity index is 1.83. The highest BCUT2D eigenvalue weighted by Crippen LogP contribution is 2.31. The van der Waals surface area contributed by atoms with Gasteiger partial charge in [0.1, 0.15) is 5.82 Å². The van der Waals surface area contributed by atoms with E-state index >= 15 is 0 Å². The van der Waals surface area contributed by atoms with Crippen molar-refractivity contribution in [1.29, 1.82) is 0 Å². The van der Waals surface area contributed by atoms with Crippen LogP contribution in [0.5, 0.6) is 0 Å². The second kappa shape index (κ2) is 4.71. The minimum Gasteiger partial charge on any atom is -0.368 e. The summed E-state index contributed by atoms with van der Waals surface area (Å²) in [6, 6.07) is 6.35. The standard InChI is InChI=1S/C14H18ClFN2/c1-17-11-3-2-4-12(17)9-18(8-11)10-5-6-13(15)14(16)7-10/h5-7,11-12H,2-4,8-9H2,1H3. The van der Waals surface area contributed by atoms with Gasteiger partial charge in [-0.2, -0.15) is 0 Å². The second-order valence-corrected chi connectivity index (χ2v) is 5.81. The maximum absolute atomic E-state index is 13.5. The van der Waals surface area contributed by atoms with Gasteiger partial charge in [0.05, 0.1) is 5.02 Å². The van der Waals surface area contributed by atoms with Crippen LogP contribution in [0.3, 0.4) is 0 Å². The van der Waals surface area contributed by atoms with E-state index in [1.807, 2.05) is 6.07 Å². The molecule has 2 unspecified atom stereocenters. The number of piperazine rings is 1. The molecule has 1 aromatic rings. The number of benzene rings is 1. The third-order valence-corrected chi connectivity index (χ3v) is 4.66. The molecule has 2 aliphatic heterocycles. The minimum atomic E-state index is -0.321. The first-order chi connectivity index (χ1) is 8.65. The molecule has 3 rings (SSSR count). The van der Waals surface area contributed by atoms with E-state index in [0.29, 0.717) is 12.1 Å². The highest BCUT2D eigenvalue weighted by atomic mass is 35.5. The zero-order chi connectivity index (χ0) is 12.7. The Morgan fingerprint density at radius 1 is 1.22 bits per heavy atom. The van der Waals surface area contributed by atoms with Gasteiger partial charge >= 0.3 is 0 Å². The maximum atomic E-state index is 13.5. The van der Waals surface area contributed by atoms with Crippen LogP contribution in [0.25, 0.3) is 0 Å². The summed E-state index contributed by atoms with van der Waals surface area (Å²) in [6.45, 7) is 1.99. The fourth-order valence-corrected chi connectivity index (χ4v) is 3.33. The quantitative estimate of drug-likeness (QED) is 0.772. The lowest BCUT2D eigenvalue weighted by atomic mass is 9.91. The van der Waals surface area contributed by atoms with Crippen molar-refractivity contribution in [3.63, 3.8) is 0 Å². The van der Waals surface area contributed by atoms with Crippen molar-refractivity contribution in [2.24, 2.45) is 0 Å². The molecular weight excluding hydrogens is 251 g/mol. The first-order valence-electron chi connectivity index (χ1n) is 6.57. The number of fused-ring (bicyclic) bond motifs is 2. The van der Waals surface area contributed by atoms with Crippen LogP contribution in [0, 0.1) is 5.82 Å². The minimum absolute atomic E-state index is 0.202. The van der Waals surface area contributed by atoms with Gasteiger partial charge in [-0.15, -0.1) is 0 Å². The molecule has 0 saturated carbocycles. The lowest BCUT2D eigenvalue weighted by Crippen LogP contribution is -2.59. The Morgan fingerprint density at radius 3 is 2.50 bits per heavy atom. The lowest BCUT2D eigenvalue weighted by Gasteiger charge is -2.49. The fraction of sp³-hybridized carbons (Fsp3) is 0.571. The highest BCUT2D eigenvalue weighted by molar-refractivity contribution is 6.30. The fourth-order valence-electron chi connectivity index (χ4n) is 3.21. The summed E-state index contributed by atoms with van der Waals surface area (Å²) in [5, 5.41) is 0.202. The predicted molar refractivity (Wildman–Crippen MR) is 72.8 cm³/mol. The normalized spacial score (nSPS) is 28.5. The highest BCUT2D eigenvalue weighted by Gasteiger charge is 2.34. The largest absolute Gasteiger partial charge is 0.368 e. The molecule has 18 heavy (non-hydrogen) atoms. The molecule has 2 atom stereocenters. The Hall–Kier alpha value is -0.800. The molecule has 1 aromatic carbocycles. The Morgan fingerprint density at radius 2 is 1.89 bits per heavy atom. The van der Waals surface area contributed by atoms with E-state index in [-0.39, 0.29) is 10.8 Å². The van der Waals surface area contributed by atoms with Crippen LogP contribution < -0.4 is 4.90 Å². The van der Waals surface area contributed by atoms with Crippen molar-refractivity contribution in [2.75, 3.05) is 25.0 Å². The molecule has 0 N–H and O–H groups in total. The van der Waals surface area contributed by atoms with Gasteiger partial charge < -0.3 is 4.90 Å². The third-order valence-electron chi connectivity index (χ3n) is 4.36. The summed E-state index contributed by atoms with van der Waals surface area (Å²) < 4.78 is 13.5. The van der Waals surface area contributed by atoms with Crippen molar-refractivity contribution in [1.82, 2.24) is 4.90 Å². The molecule has 4 heteroatoms. The van der Waals surface area contributed by atoms with Gasteiger partial charge in [0.2, 0.25) is 0 Å². The van der Waals surface area contributed by atoms with Crippen molar-refractivity contribution >= 4 is 17.3 Å². The smallest absolute Gasteiger partial charge is 0.143 e. The predicted octanol–water partition coefficient (Wildman–Crippen LogP) is 3.15. The number of anilines is 1. The Kier molecular flexibility index (Phi) is 3.20. The van der Waals surface area contributed by atoms with E-state index in [4.69, 9.17) is 11.6 Å². The molecule has 0 amide bonds. The topological polar surface area (TPSA) is 6.48 Å². The monoisotopic (exact) mass is 268 g/mol. The van der Waals surface area contributed by atoms with E-state index in [1.54, 1.807) is 12.1 Å². The maximum Gasteiger partial charge on any atom is 0.143 e. The van der Waals surface area contributed by atoms with Gasteiger partial charge in [0.25, 0.3) is 0 Å². The average molecular weight is 269 g/mol. The van der Waals surface area contributed by atoms with E-state index in [0.717, 1.165) is 18.8 Å². The van der Waals surface area contributed by atoms with Crippen molar-refractivity contribution in [3.05, 3.63) is 29.0 Å². The van der Waals surface area contributed by atoms with Gasteiger partial charge in [0.15, 0.2) is 0 Å². The average Bonchev–Trinajstić information content (AvgIpc) is 2.32. The van der Waals surface area contributed by atoms with Crippen LogP contribution >= 0.6 is 11.6 Å². The van der Waals surface area contributed by atoms with E-state index in [1.165, 1.54) is 19.3 Å². The molecule has 2 saturated heterocycles. The summed E-state index contributed by atoms with van der Waals surface area (Å²) >= 11 is 5.74. The lowest BCUT2D eigenvalue weighted by molar-refractivity contribution is 0.0950. The number of hydrogen-bond acceptors (Lipinski definition) is 2. The SMILES string of the molecule is CN1C2CCCC1CN(c1ccc(Cl)c(F)c1)C2. The van der Waals surface area contributed by atoms with Crippen molar-refractivity contribution in [3.8, 4) is 0 Å². The number of rotatable bonds is 1. The molecule has 98 valence electrons. The van der Waals surface area contributed by atoms with Crippen LogP contribution in [0.15, 0.2) is 18.2 Å². The Labute approximate surface area is 112 Å². The summed E-state index contributed by atoms with van der Waals surface area (Å²) in [5.41, 5.74) is 0.960. The van der Waals surface area contributed by atoms with Crippen molar-refractivity contribution in [2.45, 2.75) is 31.3 Å². The molecule has 0 aliphatic carbocycles. The van der Waals surface area contributed by atoms with Gasteiger partial charge in [-0.25, -0.2) is 4.39 Å². The zero-order valence-electron chi connectivity index (χ0n) is 10.6. The van der Waals surface area contributed by atoms with E-state index in [9.17, 15) is 4.39 Å². The molecule has 0 radical (unpaired) electrons. The zero-order valence-corrected chi connectivity index (χ0v) is 11.3. The van der Waals surface area contributed by atoms with Gasteiger partial charge in [-0.1, -0.05) is 18.0 Å². The molecule has 0 spiro atoms. The van der Waals surface area contributed by atoms with Gasteiger partial charge in [0, 0.05) is 30.9 Å².